The van der Waals surface area contributed by atoms with Crippen LogP contribution >= 0.6 is 22.9 Å². The van der Waals surface area contributed by atoms with E-state index in [1.165, 1.54) is 29.8 Å². The van der Waals surface area contributed by atoms with Crippen LogP contribution in [-0.2, 0) is 10.0 Å². The molecule has 8 heteroatoms. The minimum atomic E-state index is -3.76. The second-order valence-electron chi connectivity index (χ2n) is 3.95. The molecule has 0 amide bonds. The number of nitrogens with zero attached hydrogens (tertiary/aromatic N) is 2. The maximum Gasteiger partial charge on any atom is 0.264 e. The van der Waals surface area contributed by atoms with Gasteiger partial charge in [-0.1, -0.05) is 11.6 Å². The first-order chi connectivity index (χ1) is 9.56. The molecule has 1 aromatic carbocycles. The van der Waals surface area contributed by atoms with E-state index in [-0.39, 0.29) is 9.92 Å². The van der Waals surface area contributed by atoms with Gasteiger partial charge < -0.3 is 0 Å². The molecule has 0 aliphatic rings. The lowest BCUT2D eigenvalue weighted by Crippen LogP contribution is -2.13. The number of anilines is 1. The van der Waals surface area contributed by atoms with Gasteiger partial charge in [0.05, 0.1) is 26.4 Å². The van der Waals surface area contributed by atoms with E-state index in [2.05, 4.69) is 14.7 Å². The third-order valence-electron chi connectivity index (χ3n) is 2.61. The van der Waals surface area contributed by atoms with Crippen molar-refractivity contribution in [1.82, 2.24) is 9.97 Å². The molecular formula is C12H8ClN3O2S2. The Kier molecular flexibility index (Phi) is 3.33. The van der Waals surface area contributed by atoms with Gasteiger partial charge in [0.1, 0.15) is 4.90 Å². The van der Waals surface area contributed by atoms with Gasteiger partial charge in [-0.25, -0.2) is 13.4 Å². The van der Waals surface area contributed by atoms with Crippen LogP contribution in [0.1, 0.15) is 0 Å². The van der Waals surface area contributed by atoms with Gasteiger partial charge >= 0.3 is 0 Å². The molecule has 0 spiro atoms. The van der Waals surface area contributed by atoms with Crippen molar-refractivity contribution in [2.24, 2.45) is 0 Å². The van der Waals surface area contributed by atoms with E-state index in [0.29, 0.717) is 5.69 Å². The van der Waals surface area contributed by atoms with Crippen LogP contribution in [-0.4, -0.2) is 18.4 Å². The Hall–Kier alpha value is -1.70. The van der Waals surface area contributed by atoms with E-state index in [1.54, 1.807) is 23.7 Å². The summed E-state index contributed by atoms with van der Waals surface area (Å²) in [5, 5.41) is 0.131. The van der Waals surface area contributed by atoms with Gasteiger partial charge in [-0.3, -0.25) is 9.71 Å². The van der Waals surface area contributed by atoms with Crippen molar-refractivity contribution in [3.63, 3.8) is 0 Å². The van der Waals surface area contributed by atoms with Gasteiger partial charge in [-0.2, -0.15) is 0 Å². The summed E-state index contributed by atoms with van der Waals surface area (Å²) in [7, 11) is -3.76. The molecule has 20 heavy (non-hydrogen) atoms. The summed E-state index contributed by atoms with van der Waals surface area (Å²) in [6.07, 6.45) is 2.65. The number of sulfonamides is 1. The summed E-state index contributed by atoms with van der Waals surface area (Å²) in [6, 6.07) is 6.58. The highest BCUT2D eigenvalue weighted by Crippen LogP contribution is 2.25. The molecule has 0 aliphatic heterocycles. The molecule has 1 N–H and O–H groups in total. The number of nitrogens with one attached hydrogen (secondary N) is 1. The van der Waals surface area contributed by atoms with Crippen molar-refractivity contribution in [2.75, 3.05) is 4.72 Å². The van der Waals surface area contributed by atoms with Crippen LogP contribution in [0.3, 0.4) is 0 Å². The summed E-state index contributed by atoms with van der Waals surface area (Å²) in [5.41, 5.74) is 3.00. The van der Waals surface area contributed by atoms with Gasteiger partial charge in [-0.05, 0) is 24.3 Å². The van der Waals surface area contributed by atoms with Gasteiger partial charge in [0.2, 0.25) is 0 Å². The van der Waals surface area contributed by atoms with Crippen LogP contribution in [0.25, 0.3) is 10.2 Å². The highest BCUT2D eigenvalue weighted by Gasteiger charge is 2.18. The molecule has 5 nitrogen and oxygen atoms in total. The lowest BCUT2D eigenvalue weighted by molar-refractivity contribution is 0.601. The van der Waals surface area contributed by atoms with Crippen LogP contribution in [0, 0.1) is 0 Å². The standard InChI is InChI=1S/C12H8ClN3O2S2/c13-9-3-4-14-6-12(9)20(17,18)16-8-1-2-10-11(5-8)19-7-15-10/h1-7,16H. The molecule has 2 aromatic heterocycles. The molecule has 3 rings (SSSR count). The number of benzene rings is 1. The average molecular weight is 326 g/mol. The lowest BCUT2D eigenvalue weighted by Gasteiger charge is -2.08. The SMILES string of the molecule is O=S(=O)(Nc1ccc2ncsc2c1)c1cnccc1Cl. The maximum atomic E-state index is 12.2. The largest absolute Gasteiger partial charge is 0.279 e. The van der Waals surface area contributed by atoms with Crippen molar-refractivity contribution in [2.45, 2.75) is 4.90 Å². The monoisotopic (exact) mass is 325 g/mol. The smallest absolute Gasteiger partial charge is 0.264 e. The molecule has 0 saturated carbocycles. The highest BCUT2D eigenvalue weighted by atomic mass is 35.5. The van der Waals surface area contributed by atoms with Crippen LogP contribution < -0.4 is 4.72 Å². The summed E-state index contributed by atoms with van der Waals surface area (Å²) in [5.74, 6) is 0. The third kappa shape index (κ3) is 2.47. The van der Waals surface area contributed by atoms with Gasteiger partial charge in [0.15, 0.2) is 0 Å². The van der Waals surface area contributed by atoms with Crippen molar-refractivity contribution < 1.29 is 8.42 Å². The Bertz CT molecular complexity index is 877. The van der Waals surface area contributed by atoms with E-state index in [4.69, 9.17) is 11.6 Å². The Labute approximate surface area is 124 Å². The Morgan fingerprint density at radius 2 is 2.10 bits per heavy atom. The number of halogens is 1. The molecule has 0 saturated heterocycles. The second kappa shape index (κ2) is 5.01. The quantitative estimate of drug-likeness (QED) is 0.803. The summed E-state index contributed by atoms with van der Waals surface area (Å²) < 4.78 is 27.9. The van der Waals surface area contributed by atoms with E-state index < -0.39 is 10.0 Å². The van der Waals surface area contributed by atoms with Crippen LogP contribution in [0.15, 0.2) is 47.1 Å². The number of pyridine rings is 1. The fraction of sp³-hybridized carbons (Fsp3) is 0. The Balaban J connectivity index is 1.99. The fourth-order valence-electron chi connectivity index (χ4n) is 1.69. The molecule has 102 valence electrons. The molecule has 0 unspecified atom stereocenters. The van der Waals surface area contributed by atoms with Gasteiger partial charge in [0, 0.05) is 12.4 Å². The van der Waals surface area contributed by atoms with Crippen LogP contribution in [0.5, 0.6) is 0 Å². The van der Waals surface area contributed by atoms with E-state index in [9.17, 15) is 8.42 Å². The lowest BCUT2D eigenvalue weighted by atomic mass is 10.3. The van der Waals surface area contributed by atoms with E-state index >= 15 is 0 Å². The molecular weight excluding hydrogens is 318 g/mol. The summed E-state index contributed by atoms with van der Waals surface area (Å²) in [6.45, 7) is 0. The number of thiazole rings is 1. The molecule has 2 heterocycles. The maximum absolute atomic E-state index is 12.2. The second-order valence-corrected chi connectivity index (χ2v) is 6.89. The molecule has 0 radical (unpaired) electrons. The van der Waals surface area contributed by atoms with Crippen molar-refractivity contribution in [1.29, 1.82) is 0 Å². The average Bonchev–Trinajstić information content (AvgIpc) is 2.86. The zero-order chi connectivity index (χ0) is 14.2. The molecule has 0 fully saturated rings. The predicted molar refractivity (Wildman–Crippen MR) is 79.7 cm³/mol. The minimum Gasteiger partial charge on any atom is -0.279 e. The minimum absolute atomic E-state index is 0.0499. The van der Waals surface area contributed by atoms with Gasteiger partial charge in [0.25, 0.3) is 10.0 Å². The first kappa shape index (κ1) is 13.3. The topological polar surface area (TPSA) is 72.0 Å². The van der Waals surface area contributed by atoms with Crippen molar-refractivity contribution >= 4 is 48.9 Å². The number of aromatic nitrogens is 2. The van der Waals surface area contributed by atoms with Crippen molar-refractivity contribution in [3.8, 4) is 0 Å². The van der Waals surface area contributed by atoms with Crippen LogP contribution in [0.2, 0.25) is 5.02 Å². The number of hydrogen-bond donors (Lipinski definition) is 1. The first-order valence-corrected chi connectivity index (χ1v) is 8.26. The van der Waals surface area contributed by atoms with E-state index in [1.807, 2.05) is 0 Å². The molecule has 0 bridgehead atoms. The number of hydrogen-bond acceptors (Lipinski definition) is 5. The first-order valence-electron chi connectivity index (χ1n) is 5.52. The van der Waals surface area contributed by atoms with Crippen LogP contribution in [0.4, 0.5) is 5.69 Å². The zero-order valence-corrected chi connectivity index (χ0v) is 12.3. The Morgan fingerprint density at radius 1 is 1.25 bits per heavy atom. The fourth-order valence-corrected chi connectivity index (χ4v) is 3.89. The summed E-state index contributed by atoms with van der Waals surface area (Å²) >= 11 is 7.33. The molecule has 0 atom stereocenters. The predicted octanol–water partition coefficient (Wildman–Crippen LogP) is 3.15. The molecule has 0 aliphatic carbocycles. The van der Waals surface area contributed by atoms with Gasteiger partial charge in [-0.15, -0.1) is 11.3 Å². The van der Waals surface area contributed by atoms with Crippen molar-refractivity contribution in [3.05, 3.63) is 47.2 Å². The summed E-state index contributed by atoms with van der Waals surface area (Å²) in [4.78, 5) is 7.87. The molecule has 3 aromatic rings. The normalized spacial score (nSPS) is 11.7. The third-order valence-corrected chi connectivity index (χ3v) is 5.25. The van der Waals surface area contributed by atoms with E-state index in [0.717, 1.165) is 10.2 Å². The highest BCUT2D eigenvalue weighted by molar-refractivity contribution is 7.92. The number of rotatable bonds is 3. The number of fused-ring (bicyclic) bond motifs is 1. The Morgan fingerprint density at radius 3 is 2.90 bits per heavy atom. The zero-order valence-electron chi connectivity index (χ0n) is 9.95.